The minimum atomic E-state index is -1.58. The maximum atomic E-state index is 13.0. The zero-order chi connectivity index (χ0) is 45.9. The number of aliphatic hydroxyl groups is 5. The minimum Gasteiger partial charge on any atom is -0.394 e. The van der Waals surface area contributed by atoms with Gasteiger partial charge in [-0.15, -0.1) is 0 Å². The highest BCUT2D eigenvalue weighted by atomic mass is 16.7. The molecule has 0 aliphatic carbocycles. The molecule has 0 aromatic carbocycles. The Morgan fingerprint density at radius 3 is 1.52 bits per heavy atom. The first-order chi connectivity index (χ1) is 30.8. The Morgan fingerprint density at radius 1 is 0.556 bits per heavy atom. The Morgan fingerprint density at radius 2 is 1.00 bits per heavy atom. The van der Waals surface area contributed by atoms with Crippen LogP contribution in [-0.2, 0) is 14.3 Å². The summed E-state index contributed by atoms with van der Waals surface area (Å²) in [6, 6.07) is -0.846. The van der Waals surface area contributed by atoms with E-state index in [9.17, 15) is 30.3 Å². The van der Waals surface area contributed by atoms with E-state index in [1.165, 1.54) is 83.5 Å². The van der Waals surface area contributed by atoms with Crippen molar-refractivity contribution in [1.82, 2.24) is 5.32 Å². The predicted octanol–water partition coefficient (Wildman–Crippen LogP) is 11.5. The summed E-state index contributed by atoms with van der Waals surface area (Å²) in [5.41, 5.74) is 0. The van der Waals surface area contributed by atoms with E-state index in [0.717, 1.165) is 83.5 Å². The van der Waals surface area contributed by atoms with Crippen molar-refractivity contribution >= 4 is 5.91 Å². The van der Waals surface area contributed by atoms with Gasteiger partial charge in [-0.05, 0) is 83.5 Å². The van der Waals surface area contributed by atoms with Gasteiger partial charge in [0.1, 0.15) is 24.4 Å². The quantitative estimate of drug-likeness (QED) is 0.0263. The van der Waals surface area contributed by atoms with Gasteiger partial charge in [-0.25, -0.2) is 0 Å². The molecule has 9 heteroatoms. The number of hydrogen-bond donors (Lipinski definition) is 6. The Bertz CT molecular complexity index is 1260. The van der Waals surface area contributed by atoms with Crippen LogP contribution in [0.5, 0.6) is 0 Å². The molecule has 0 spiro atoms. The number of unbranched alkanes of at least 4 members (excludes halogenated alkanes) is 19. The molecule has 0 radical (unpaired) electrons. The number of rotatable bonds is 41. The maximum absolute atomic E-state index is 13.0. The molecule has 0 aromatic heterocycles. The van der Waals surface area contributed by atoms with E-state index in [4.69, 9.17) is 9.47 Å². The van der Waals surface area contributed by atoms with E-state index < -0.39 is 49.5 Å². The lowest BCUT2D eigenvalue weighted by atomic mass is 9.99. The molecule has 1 aliphatic heterocycles. The molecule has 7 unspecified atom stereocenters. The fourth-order valence-electron chi connectivity index (χ4n) is 7.41. The predicted molar refractivity (Wildman–Crippen MR) is 262 cm³/mol. The standard InChI is InChI=1S/C54H93NO8/c1-3-5-7-9-11-13-15-17-19-21-22-23-24-25-26-28-29-31-33-35-37-39-41-43-48(57)47(46-62-54-53(61)52(60)51(59)49(45-56)63-54)55-50(58)44-42-40-38-36-34-32-30-27-20-18-16-14-12-10-8-6-4-2/h6,8,12,14,18,20,26,28,30,32-33,35,41,43,47-49,51-54,56-57,59-61H,3-5,7,9-11,13,15-17,19,21-25,27,29,31,34,36-40,42,44-46H2,1-2H3,(H,55,58)/b8-6-,14-12-,20-18-,28-26+,32-30-,35-33+,43-41+. The van der Waals surface area contributed by atoms with Crippen molar-refractivity contribution in [2.75, 3.05) is 13.2 Å². The van der Waals surface area contributed by atoms with Crippen LogP contribution in [0.15, 0.2) is 85.1 Å². The number of allylic oxidation sites excluding steroid dienone is 13. The zero-order valence-corrected chi connectivity index (χ0v) is 39.8. The van der Waals surface area contributed by atoms with Crippen molar-refractivity contribution in [2.24, 2.45) is 0 Å². The second-order valence-corrected chi connectivity index (χ2v) is 17.2. The van der Waals surface area contributed by atoms with Crippen LogP contribution in [0.3, 0.4) is 0 Å². The summed E-state index contributed by atoms with van der Waals surface area (Å²) < 4.78 is 11.2. The Labute approximate surface area is 384 Å². The van der Waals surface area contributed by atoms with Gasteiger partial charge in [-0.1, -0.05) is 189 Å². The van der Waals surface area contributed by atoms with Crippen molar-refractivity contribution < 1.29 is 39.8 Å². The molecule has 1 saturated heterocycles. The fraction of sp³-hybridized carbons (Fsp3) is 0.722. The molecular weight excluding hydrogens is 791 g/mol. The van der Waals surface area contributed by atoms with Crippen LogP contribution in [0.4, 0.5) is 0 Å². The van der Waals surface area contributed by atoms with Gasteiger partial charge in [-0.2, -0.15) is 0 Å². The van der Waals surface area contributed by atoms with Crippen LogP contribution in [0.1, 0.15) is 194 Å². The second kappa shape index (κ2) is 43.3. The third kappa shape index (κ3) is 33.5. The molecule has 1 heterocycles. The Balaban J connectivity index is 2.37. The van der Waals surface area contributed by atoms with Crippen molar-refractivity contribution in [3.8, 4) is 0 Å². The highest BCUT2D eigenvalue weighted by Crippen LogP contribution is 2.22. The van der Waals surface area contributed by atoms with Crippen LogP contribution < -0.4 is 5.32 Å². The summed E-state index contributed by atoms with van der Waals surface area (Å²) in [7, 11) is 0. The molecule has 0 aromatic rings. The van der Waals surface area contributed by atoms with Crippen molar-refractivity contribution in [3.05, 3.63) is 85.1 Å². The third-order valence-corrected chi connectivity index (χ3v) is 11.4. The summed E-state index contributed by atoms with van der Waals surface area (Å²) in [6.07, 6.45) is 53.5. The van der Waals surface area contributed by atoms with Crippen molar-refractivity contribution in [3.63, 3.8) is 0 Å². The van der Waals surface area contributed by atoms with Crippen molar-refractivity contribution in [2.45, 2.75) is 236 Å². The van der Waals surface area contributed by atoms with Gasteiger partial charge in [-0.3, -0.25) is 4.79 Å². The van der Waals surface area contributed by atoms with Crippen LogP contribution >= 0.6 is 0 Å². The molecular formula is C54H93NO8. The molecule has 7 atom stereocenters. The molecule has 0 saturated carbocycles. The van der Waals surface area contributed by atoms with Gasteiger partial charge >= 0.3 is 0 Å². The number of aliphatic hydroxyl groups excluding tert-OH is 5. The Kier molecular flexibility index (Phi) is 40.1. The molecule has 1 fully saturated rings. The summed E-state index contributed by atoms with van der Waals surface area (Å²) in [4.78, 5) is 13.0. The number of amides is 1. The van der Waals surface area contributed by atoms with Gasteiger partial charge in [0.2, 0.25) is 5.91 Å². The Hall–Kier alpha value is -2.63. The molecule has 9 nitrogen and oxygen atoms in total. The van der Waals surface area contributed by atoms with Gasteiger partial charge in [0.05, 0.1) is 25.4 Å². The van der Waals surface area contributed by atoms with Gasteiger partial charge in [0.15, 0.2) is 6.29 Å². The van der Waals surface area contributed by atoms with E-state index in [1.807, 2.05) is 6.08 Å². The second-order valence-electron chi connectivity index (χ2n) is 17.2. The lowest BCUT2D eigenvalue weighted by molar-refractivity contribution is -0.302. The molecule has 63 heavy (non-hydrogen) atoms. The monoisotopic (exact) mass is 884 g/mol. The third-order valence-electron chi connectivity index (χ3n) is 11.4. The lowest BCUT2D eigenvalue weighted by Gasteiger charge is -2.40. The first-order valence-corrected chi connectivity index (χ1v) is 25.3. The number of nitrogens with one attached hydrogen (secondary N) is 1. The van der Waals surface area contributed by atoms with Crippen molar-refractivity contribution in [1.29, 1.82) is 0 Å². The average molecular weight is 884 g/mol. The molecule has 6 N–H and O–H groups in total. The smallest absolute Gasteiger partial charge is 0.220 e. The molecule has 0 bridgehead atoms. The molecule has 1 aliphatic rings. The maximum Gasteiger partial charge on any atom is 0.220 e. The van der Waals surface area contributed by atoms with E-state index >= 15 is 0 Å². The van der Waals surface area contributed by atoms with Gasteiger partial charge in [0.25, 0.3) is 0 Å². The average Bonchev–Trinajstić information content (AvgIpc) is 3.28. The SMILES string of the molecule is CC/C=C\C/C=C\C/C=C\C/C=C\CCCCCCC(=O)NC(COC1OC(CO)C(O)C(O)C1O)C(O)/C=C/CC/C=C/CC/C=C/CCCCCCCCCCCCCCC. The van der Waals surface area contributed by atoms with Crippen LogP contribution in [-0.4, -0.2) is 87.5 Å². The molecule has 362 valence electrons. The van der Waals surface area contributed by atoms with E-state index in [2.05, 4.69) is 92.1 Å². The van der Waals surface area contributed by atoms with Gasteiger partial charge < -0.3 is 40.3 Å². The molecule has 1 rings (SSSR count). The molecule has 1 amide bonds. The van der Waals surface area contributed by atoms with Crippen LogP contribution in [0.2, 0.25) is 0 Å². The normalized spacial score (nSPS) is 20.9. The number of carbonyl (C=O) groups is 1. The minimum absolute atomic E-state index is 0.217. The largest absolute Gasteiger partial charge is 0.394 e. The first-order valence-electron chi connectivity index (χ1n) is 25.3. The number of hydrogen-bond acceptors (Lipinski definition) is 8. The van der Waals surface area contributed by atoms with E-state index in [0.29, 0.717) is 12.8 Å². The van der Waals surface area contributed by atoms with Crippen LogP contribution in [0, 0.1) is 0 Å². The summed E-state index contributed by atoms with van der Waals surface area (Å²) >= 11 is 0. The summed E-state index contributed by atoms with van der Waals surface area (Å²) in [5.74, 6) is -0.217. The first kappa shape index (κ1) is 58.4. The number of ether oxygens (including phenoxy) is 2. The highest BCUT2D eigenvalue weighted by molar-refractivity contribution is 5.76. The number of carbonyl (C=O) groups excluding carboxylic acids is 1. The lowest BCUT2D eigenvalue weighted by Crippen LogP contribution is -2.60. The van der Waals surface area contributed by atoms with E-state index in [-0.39, 0.29) is 12.5 Å². The van der Waals surface area contributed by atoms with Gasteiger partial charge in [0, 0.05) is 6.42 Å². The summed E-state index contributed by atoms with van der Waals surface area (Å²) in [6.45, 7) is 3.62. The zero-order valence-electron chi connectivity index (χ0n) is 39.8. The summed E-state index contributed by atoms with van der Waals surface area (Å²) in [5, 5.41) is 54.3. The van der Waals surface area contributed by atoms with E-state index in [1.54, 1.807) is 6.08 Å². The highest BCUT2D eigenvalue weighted by Gasteiger charge is 2.44. The fourth-order valence-corrected chi connectivity index (χ4v) is 7.41. The van der Waals surface area contributed by atoms with Crippen LogP contribution in [0.25, 0.3) is 0 Å². The topological polar surface area (TPSA) is 149 Å².